The van der Waals surface area contributed by atoms with Crippen molar-refractivity contribution >= 4 is 27.5 Å². The molecule has 0 bridgehead atoms. The van der Waals surface area contributed by atoms with E-state index < -0.39 is 10.0 Å². The molecule has 0 unspecified atom stereocenters. The quantitative estimate of drug-likeness (QED) is 0.813. The average molecular weight is 305 g/mol. The number of halogens is 1. The maximum absolute atomic E-state index is 11.9. The summed E-state index contributed by atoms with van der Waals surface area (Å²) in [6.45, 7) is 4.08. The van der Waals surface area contributed by atoms with Gasteiger partial charge in [0.1, 0.15) is 0 Å². The molecule has 0 spiro atoms. The lowest BCUT2D eigenvalue weighted by Crippen LogP contribution is -2.25. The van der Waals surface area contributed by atoms with Gasteiger partial charge >= 0.3 is 0 Å². The zero-order valence-electron chi connectivity index (χ0n) is 10.9. The highest BCUT2D eigenvalue weighted by atomic mass is 35.5. The second-order valence-corrected chi connectivity index (χ2v) is 6.17. The first-order chi connectivity index (χ1) is 8.77. The molecule has 0 saturated carbocycles. The summed E-state index contributed by atoms with van der Waals surface area (Å²) < 4.78 is 22.9. The number of nitrogens with two attached hydrogens (primary N) is 1. The minimum absolute atomic E-state index is 0.124. The summed E-state index contributed by atoms with van der Waals surface area (Å²) in [5, 5.41) is 7.99. The number of unbranched alkanes of at least 4 members (excludes halogenated alkanes) is 1. The van der Waals surface area contributed by atoms with E-state index in [1.54, 1.807) is 6.92 Å². The molecular weight excluding hydrogens is 288 g/mol. The number of nitrogens with one attached hydrogen (secondary N) is 1. The fraction of sp³-hybridized carbons (Fsp3) is 0.417. The summed E-state index contributed by atoms with van der Waals surface area (Å²) in [7, 11) is -3.90. The van der Waals surface area contributed by atoms with Crippen LogP contribution >= 0.6 is 11.6 Å². The summed E-state index contributed by atoms with van der Waals surface area (Å²) in [6, 6.07) is 2.69. The third-order valence-electron chi connectivity index (χ3n) is 2.68. The van der Waals surface area contributed by atoms with Crippen molar-refractivity contribution in [1.82, 2.24) is 5.32 Å². The predicted octanol–water partition coefficient (Wildman–Crippen LogP) is 1.83. The van der Waals surface area contributed by atoms with Crippen LogP contribution in [0, 0.1) is 6.92 Å². The number of sulfonamides is 1. The molecule has 106 valence electrons. The summed E-state index contributed by atoms with van der Waals surface area (Å²) in [5.41, 5.74) is 0.532. The van der Waals surface area contributed by atoms with Gasteiger partial charge in [-0.1, -0.05) is 24.9 Å². The van der Waals surface area contributed by atoms with E-state index in [1.807, 2.05) is 6.92 Å². The number of amides is 1. The minimum Gasteiger partial charge on any atom is -0.352 e. The third kappa shape index (κ3) is 4.19. The van der Waals surface area contributed by atoms with E-state index in [2.05, 4.69) is 5.32 Å². The normalized spacial score (nSPS) is 11.4. The summed E-state index contributed by atoms with van der Waals surface area (Å²) in [6.07, 6.45) is 1.81. The molecule has 0 aliphatic heterocycles. The lowest BCUT2D eigenvalue weighted by molar-refractivity contribution is 0.0953. The molecule has 0 fully saturated rings. The van der Waals surface area contributed by atoms with Crippen molar-refractivity contribution in [3.8, 4) is 0 Å². The molecule has 5 nitrogen and oxygen atoms in total. The number of rotatable bonds is 5. The molecule has 0 heterocycles. The van der Waals surface area contributed by atoms with Crippen molar-refractivity contribution < 1.29 is 13.2 Å². The van der Waals surface area contributed by atoms with E-state index in [1.165, 1.54) is 12.1 Å². The van der Waals surface area contributed by atoms with Crippen LogP contribution in [0.1, 0.15) is 35.7 Å². The second-order valence-electron chi connectivity index (χ2n) is 4.24. The summed E-state index contributed by atoms with van der Waals surface area (Å²) in [4.78, 5) is 11.7. The maximum Gasteiger partial charge on any atom is 0.251 e. The zero-order valence-corrected chi connectivity index (χ0v) is 12.4. The Hall–Kier alpha value is -1.11. The largest absolute Gasteiger partial charge is 0.352 e. The highest BCUT2D eigenvalue weighted by molar-refractivity contribution is 7.89. The predicted molar refractivity (Wildman–Crippen MR) is 74.8 cm³/mol. The van der Waals surface area contributed by atoms with E-state index in [-0.39, 0.29) is 21.4 Å². The fourth-order valence-corrected chi connectivity index (χ4v) is 2.66. The van der Waals surface area contributed by atoms with Gasteiger partial charge in [-0.25, -0.2) is 13.6 Å². The lowest BCUT2D eigenvalue weighted by atomic mass is 10.1. The van der Waals surface area contributed by atoms with Crippen LogP contribution in [0.4, 0.5) is 0 Å². The van der Waals surface area contributed by atoms with Crippen LogP contribution in [-0.2, 0) is 10.0 Å². The first-order valence-corrected chi connectivity index (χ1v) is 7.81. The van der Waals surface area contributed by atoms with Gasteiger partial charge < -0.3 is 5.32 Å². The van der Waals surface area contributed by atoms with E-state index in [0.29, 0.717) is 12.1 Å². The van der Waals surface area contributed by atoms with Crippen molar-refractivity contribution in [2.45, 2.75) is 31.6 Å². The molecule has 3 N–H and O–H groups in total. The van der Waals surface area contributed by atoms with Crippen LogP contribution in [0.25, 0.3) is 0 Å². The van der Waals surface area contributed by atoms with Gasteiger partial charge in [-0.3, -0.25) is 4.79 Å². The Morgan fingerprint density at radius 1 is 1.42 bits per heavy atom. The first kappa shape index (κ1) is 15.9. The van der Waals surface area contributed by atoms with Crippen LogP contribution in [-0.4, -0.2) is 20.9 Å². The SMILES string of the molecule is CCCCNC(=O)c1cc(Cl)c(C)c(S(N)(=O)=O)c1. The molecule has 0 aromatic heterocycles. The van der Waals surface area contributed by atoms with Crippen molar-refractivity contribution in [2.75, 3.05) is 6.54 Å². The standard InChI is InChI=1S/C12H17ClN2O3S/c1-3-4-5-15-12(16)9-6-10(13)8(2)11(7-9)19(14,17)18/h6-7H,3-5H2,1-2H3,(H,15,16)(H2,14,17,18). The molecule has 0 aliphatic rings. The summed E-state index contributed by atoms with van der Waals surface area (Å²) >= 11 is 5.93. The molecule has 1 aromatic carbocycles. The molecular formula is C12H17ClN2O3S. The van der Waals surface area contributed by atoms with Gasteiger partial charge in [0.2, 0.25) is 10.0 Å². The molecule has 0 atom stereocenters. The number of primary sulfonamides is 1. The third-order valence-corrected chi connectivity index (χ3v) is 4.11. The number of hydrogen-bond acceptors (Lipinski definition) is 3. The molecule has 0 radical (unpaired) electrons. The lowest BCUT2D eigenvalue weighted by Gasteiger charge is -2.10. The highest BCUT2D eigenvalue weighted by Crippen LogP contribution is 2.24. The summed E-state index contributed by atoms with van der Waals surface area (Å²) in [5.74, 6) is -0.361. The minimum atomic E-state index is -3.90. The Labute approximate surface area is 118 Å². The van der Waals surface area contributed by atoms with E-state index in [9.17, 15) is 13.2 Å². The highest BCUT2D eigenvalue weighted by Gasteiger charge is 2.18. The molecule has 1 aromatic rings. The van der Waals surface area contributed by atoms with Crippen LogP contribution in [0.3, 0.4) is 0 Å². The zero-order chi connectivity index (χ0) is 14.6. The van der Waals surface area contributed by atoms with Gasteiger partial charge in [0.15, 0.2) is 0 Å². The van der Waals surface area contributed by atoms with Gasteiger partial charge in [-0.05, 0) is 31.0 Å². The Morgan fingerprint density at radius 3 is 2.58 bits per heavy atom. The van der Waals surface area contributed by atoms with E-state index >= 15 is 0 Å². The Kier molecular flexibility index (Phi) is 5.34. The second kappa shape index (κ2) is 6.36. The number of carbonyl (C=O) groups is 1. The molecule has 7 heteroatoms. The molecule has 19 heavy (non-hydrogen) atoms. The van der Waals surface area contributed by atoms with Gasteiger partial charge in [-0.2, -0.15) is 0 Å². The van der Waals surface area contributed by atoms with Crippen molar-refractivity contribution in [2.24, 2.45) is 5.14 Å². The number of benzene rings is 1. The van der Waals surface area contributed by atoms with Crippen LogP contribution in [0.2, 0.25) is 5.02 Å². The number of hydrogen-bond donors (Lipinski definition) is 2. The van der Waals surface area contributed by atoms with Gasteiger partial charge in [0.05, 0.1) is 4.90 Å². The Balaban J connectivity index is 3.11. The fourth-order valence-electron chi connectivity index (χ4n) is 1.56. The van der Waals surface area contributed by atoms with Crippen molar-refractivity contribution in [1.29, 1.82) is 0 Å². The molecule has 0 saturated heterocycles. The van der Waals surface area contributed by atoms with E-state index in [0.717, 1.165) is 12.8 Å². The van der Waals surface area contributed by atoms with Crippen LogP contribution in [0.5, 0.6) is 0 Å². The van der Waals surface area contributed by atoms with Gasteiger partial charge in [0, 0.05) is 17.1 Å². The Bertz CT molecular complexity index is 585. The average Bonchev–Trinajstić information content (AvgIpc) is 2.31. The van der Waals surface area contributed by atoms with Crippen LogP contribution in [0.15, 0.2) is 17.0 Å². The first-order valence-electron chi connectivity index (χ1n) is 5.88. The number of carbonyl (C=O) groups excluding carboxylic acids is 1. The Morgan fingerprint density at radius 2 is 2.05 bits per heavy atom. The van der Waals surface area contributed by atoms with Crippen molar-refractivity contribution in [3.63, 3.8) is 0 Å². The molecule has 1 rings (SSSR count). The van der Waals surface area contributed by atoms with Crippen molar-refractivity contribution in [3.05, 3.63) is 28.3 Å². The van der Waals surface area contributed by atoms with Gasteiger partial charge in [0.25, 0.3) is 5.91 Å². The monoisotopic (exact) mass is 304 g/mol. The topological polar surface area (TPSA) is 89.3 Å². The molecule has 0 aliphatic carbocycles. The molecule has 1 amide bonds. The van der Waals surface area contributed by atoms with Crippen LogP contribution < -0.4 is 10.5 Å². The smallest absolute Gasteiger partial charge is 0.251 e. The maximum atomic E-state index is 11.9. The van der Waals surface area contributed by atoms with Gasteiger partial charge in [-0.15, -0.1) is 0 Å². The van der Waals surface area contributed by atoms with E-state index in [4.69, 9.17) is 16.7 Å².